The highest BCUT2D eigenvalue weighted by atomic mass is 32.2. The largest absolute Gasteiger partial charge is 0.497 e. The molecule has 1 aromatic rings. The van der Waals surface area contributed by atoms with Crippen LogP contribution in [0.2, 0.25) is 0 Å². The SMILES string of the molecule is COc1ccc(CSC(C)C(C)O)cc1. The second kappa shape index (κ2) is 6.03. The van der Waals surface area contributed by atoms with Crippen LogP contribution in [0.5, 0.6) is 5.75 Å². The third kappa shape index (κ3) is 4.14. The van der Waals surface area contributed by atoms with Gasteiger partial charge in [0.15, 0.2) is 0 Å². The molecule has 3 heteroatoms. The first-order valence-electron chi connectivity index (χ1n) is 5.06. The van der Waals surface area contributed by atoms with Crippen molar-refractivity contribution >= 4 is 11.8 Å². The van der Waals surface area contributed by atoms with Gasteiger partial charge < -0.3 is 9.84 Å². The smallest absolute Gasteiger partial charge is 0.118 e. The number of benzene rings is 1. The van der Waals surface area contributed by atoms with Gasteiger partial charge in [-0.1, -0.05) is 19.1 Å². The number of hydrogen-bond donors (Lipinski definition) is 1. The van der Waals surface area contributed by atoms with Gasteiger partial charge in [-0.2, -0.15) is 11.8 Å². The summed E-state index contributed by atoms with van der Waals surface area (Å²) in [6.45, 7) is 3.87. The zero-order valence-corrected chi connectivity index (χ0v) is 10.3. The second-order valence-electron chi connectivity index (χ2n) is 3.60. The maximum Gasteiger partial charge on any atom is 0.118 e. The summed E-state index contributed by atoms with van der Waals surface area (Å²) in [5, 5.41) is 9.61. The number of rotatable bonds is 5. The Morgan fingerprint density at radius 1 is 1.27 bits per heavy atom. The Bertz CT molecular complexity index is 282. The predicted molar refractivity (Wildman–Crippen MR) is 65.4 cm³/mol. The van der Waals surface area contributed by atoms with Crippen molar-refractivity contribution in [2.45, 2.75) is 31.0 Å². The molecule has 0 aromatic heterocycles. The number of methoxy groups -OCH3 is 1. The maximum absolute atomic E-state index is 9.34. The topological polar surface area (TPSA) is 29.5 Å². The van der Waals surface area contributed by atoms with Crippen LogP contribution >= 0.6 is 11.8 Å². The minimum Gasteiger partial charge on any atom is -0.497 e. The molecule has 0 aliphatic carbocycles. The van der Waals surface area contributed by atoms with Crippen molar-refractivity contribution < 1.29 is 9.84 Å². The molecule has 15 heavy (non-hydrogen) atoms. The number of ether oxygens (including phenoxy) is 1. The van der Waals surface area contributed by atoms with Crippen LogP contribution in [-0.2, 0) is 5.75 Å². The van der Waals surface area contributed by atoms with Gasteiger partial charge in [0.25, 0.3) is 0 Å². The second-order valence-corrected chi connectivity index (χ2v) is 4.97. The highest BCUT2D eigenvalue weighted by molar-refractivity contribution is 7.99. The number of aliphatic hydroxyl groups is 1. The van der Waals surface area contributed by atoms with Gasteiger partial charge in [0.1, 0.15) is 5.75 Å². The fraction of sp³-hybridized carbons (Fsp3) is 0.500. The lowest BCUT2D eigenvalue weighted by atomic mass is 10.2. The van der Waals surface area contributed by atoms with Gasteiger partial charge in [-0.15, -0.1) is 0 Å². The Morgan fingerprint density at radius 2 is 1.87 bits per heavy atom. The van der Waals surface area contributed by atoms with E-state index in [-0.39, 0.29) is 11.4 Å². The average molecular weight is 226 g/mol. The highest BCUT2D eigenvalue weighted by Gasteiger charge is 2.08. The van der Waals surface area contributed by atoms with Gasteiger partial charge in [0, 0.05) is 11.0 Å². The molecule has 0 radical (unpaired) electrons. The fourth-order valence-corrected chi connectivity index (χ4v) is 2.01. The minimum atomic E-state index is -0.256. The molecule has 0 heterocycles. The molecule has 1 aromatic carbocycles. The van der Waals surface area contributed by atoms with Crippen molar-refractivity contribution in [1.29, 1.82) is 0 Å². The summed E-state index contributed by atoms with van der Waals surface area (Å²) >= 11 is 1.76. The molecule has 0 bridgehead atoms. The van der Waals surface area contributed by atoms with E-state index < -0.39 is 0 Å². The number of aliphatic hydroxyl groups excluding tert-OH is 1. The first-order chi connectivity index (χ1) is 7.13. The summed E-state index contributed by atoms with van der Waals surface area (Å²) in [5.41, 5.74) is 1.26. The predicted octanol–water partition coefficient (Wildman–Crippen LogP) is 2.70. The summed E-state index contributed by atoms with van der Waals surface area (Å²) in [7, 11) is 1.67. The Balaban J connectivity index is 2.44. The van der Waals surface area contributed by atoms with Crippen LogP contribution in [0.4, 0.5) is 0 Å². The van der Waals surface area contributed by atoms with E-state index in [9.17, 15) is 5.11 Å². The third-order valence-corrected chi connectivity index (χ3v) is 3.77. The van der Waals surface area contributed by atoms with E-state index in [1.54, 1.807) is 18.9 Å². The molecular formula is C12H18O2S. The fourth-order valence-electron chi connectivity index (χ4n) is 1.09. The molecule has 2 atom stereocenters. The number of hydrogen-bond acceptors (Lipinski definition) is 3. The molecule has 0 aliphatic heterocycles. The monoisotopic (exact) mass is 226 g/mol. The number of thioether (sulfide) groups is 1. The van der Waals surface area contributed by atoms with E-state index in [4.69, 9.17) is 4.74 Å². The molecule has 1 rings (SSSR count). The Kier molecular flexibility index (Phi) is 4.99. The zero-order valence-electron chi connectivity index (χ0n) is 9.43. The summed E-state index contributed by atoms with van der Waals surface area (Å²) in [6.07, 6.45) is -0.256. The van der Waals surface area contributed by atoms with Crippen LogP contribution in [-0.4, -0.2) is 23.6 Å². The van der Waals surface area contributed by atoms with E-state index in [0.717, 1.165) is 11.5 Å². The van der Waals surface area contributed by atoms with Gasteiger partial charge in [0.05, 0.1) is 13.2 Å². The molecule has 0 saturated carbocycles. The van der Waals surface area contributed by atoms with Gasteiger partial charge in [-0.25, -0.2) is 0 Å². The first kappa shape index (κ1) is 12.4. The quantitative estimate of drug-likeness (QED) is 0.837. The molecule has 0 spiro atoms. The van der Waals surface area contributed by atoms with E-state index in [0.29, 0.717) is 0 Å². The lowest BCUT2D eigenvalue weighted by Gasteiger charge is -2.13. The van der Waals surface area contributed by atoms with Gasteiger partial charge >= 0.3 is 0 Å². The van der Waals surface area contributed by atoms with Crippen LogP contribution < -0.4 is 4.74 Å². The first-order valence-corrected chi connectivity index (χ1v) is 6.11. The van der Waals surface area contributed by atoms with Gasteiger partial charge in [0.2, 0.25) is 0 Å². The molecule has 0 amide bonds. The van der Waals surface area contributed by atoms with Crippen molar-refractivity contribution in [2.75, 3.05) is 7.11 Å². The molecule has 0 saturated heterocycles. The molecule has 84 valence electrons. The van der Waals surface area contributed by atoms with Gasteiger partial charge in [-0.3, -0.25) is 0 Å². The molecule has 0 fully saturated rings. The lowest BCUT2D eigenvalue weighted by molar-refractivity contribution is 0.196. The van der Waals surface area contributed by atoms with Crippen molar-refractivity contribution in [3.8, 4) is 5.75 Å². The minimum absolute atomic E-state index is 0.256. The lowest BCUT2D eigenvalue weighted by Crippen LogP contribution is -2.15. The highest BCUT2D eigenvalue weighted by Crippen LogP contribution is 2.21. The molecule has 1 N–H and O–H groups in total. The summed E-state index contributed by atoms with van der Waals surface area (Å²) in [4.78, 5) is 0. The van der Waals surface area contributed by atoms with Crippen molar-refractivity contribution in [1.82, 2.24) is 0 Å². The standard InChI is InChI=1S/C12H18O2S/c1-9(13)10(2)15-8-11-4-6-12(14-3)7-5-11/h4-7,9-10,13H,8H2,1-3H3. The van der Waals surface area contributed by atoms with E-state index in [1.165, 1.54) is 5.56 Å². The van der Waals surface area contributed by atoms with Gasteiger partial charge in [-0.05, 0) is 24.6 Å². The molecule has 2 nitrogen and oxygen atoms in total. The normalized spacial score (nSPS) is 14.7. The van der Waals surface area contributed by atoms with Crippen LogP contribution in [0.15, 0.2) is 24.3 Å². The summed E-state index contributed by atoms with van der Waals surface area (Å²) in [5.74, 6) is 1.81. The Labute approximate surface area is 95.7 Å². The zero-order chi connectivity index (χ0) is 11.3. The van der Waals surface area contributed by atoms with Crippen LogP contribution in [0.1, 0.15) is 19.4 Å². The van der Waals surface area contributed by atoms with Crippen LogP contribution in [0.25, 0.3) is 0 Å². The molecule has 0 aliphatic rings. The van der Waals surface area contributed by atoms with Crippen molar-refractivity contribution in [3.05, 3.63) is 29.8 Å². The van der Waals surface area contributed by atoms with E-state index in [2.05, 4.69) is 12.1 Å². The molecular weight excluding hydrogens is 208 g/mol. The summed E-state index contributed by atoms with van der Waals surface area (Å²) < 4.78 is 5.09. The van der Waals surface area contributed by atoms with E-state index >= 15 is 0 Å². The van der Waals surface area contributed by atoms with Crippen LogP contribution in [0.3, 0.4) is 0 Å². The molecule has 2 unspecified atom stereocenters. The van der Waals surface area contributed by atoms with Crippen molar-refractivity contribution in [2.24, 2.45) is 0 Å². The van der Waals surface area contributed by atoms with Crippen LogP contribution in [0, 0.1) is 0 Å². The summed E-state index contributed by atoms with van der Waals surface area (Å²) in [6, 6.07) is 8.03. The Morgan fingerprint density at radius 3 is 2.33 bits per heavy atom. The third-order valence-electron chi connectivity index (χ3n) is 2.35. The maximum atomic E-state index is 9.34. The van der Waals surface area contributed by atoms with Crippen molar-refractivity contribution in [3.63, 3.8) is 0 Å². The Hall–Kier alpha value is -0.670. The average Bonchev–Trinajstić information content (AvgIpc) is 2.26. The van der Waals surface area contributed by atoms with E-state index in [1.807, 2.05) is 26.0 Å².